The third kappa shape index (κ3) is 1.44. The van der Waals surface area contributed by atoms with Crippen molar-refractivity contribution in [3.63, 3.8) is 0 Å². The van der Waals surface area contributed by atoms with Crippen LogP contribution >= 0.6 is 0 Å². The molecule has 6 heteroatoms. The average Bonchev–Trinajstić information content (AvgIpc) is 2.69. The number of nitrogens with zero attached hydrogens (tertiary/aromatic N) is 3. The lowest BCUT2D eigenvalue weighted by molar-refractivity contribution is -0.182. The standard InChI is InChI=1S/C14H21N3O3/c1-15-12(19)11-5-10(18)6-17(11)14(13(15)20)7-16(8-14)9-3-2-4-9/h9-11,18H,2-8H2,1H3/t10-,11+/m1/s1. The largest absolute Gasteiger partial charge is 0.392 e. The highest BCUT2D eigenvalue weighted by Gasteiger charge is 2.64. The summed E-state index contributed by atoms with van der Waals surface area (Å²) in [6, 6.07) is 0.318. The number of β-amino-alcohol motifs (C(OH)–C–C–N with tert-alkyl or cyclic N) is 1. The molecule has 110 valence electrons. The lowest BCUT2D eigenvalue weighted by atomic mass is 9.78. The van der Waals surface area contributed by atoms with Crippen molar-refractivity contribution >= 4 is 11.8 Å². The number of likely N-dealkylation sites (N-methyl/N-ethyl adjacent to an activating group) is 1. The van der Waals surface area contributed by atoms with E-state index in [1.807, 2.05) is 4.90 Å². The topological polar surface area (TPSA) is 64.1 Å². The van der Waals surface area contributed by atoms with Crippen LogP contribution in [0.15, 0.2) is 0 Å². The highest BCUT2D eigenvalue weighted by molar-refractivity contribution is 6.05. The van der Waals surface area contributed by atoms with E-state index in [-0.39, 0.29) is 17.9 Å². The van der Waals surface area contributed by atoms with Gasteiger partial charge in [-0.1, -0.05) is 6.42 Å². The zero-order valence-corrected chi connectivity index (χ0v) is 11.8. The molecule has 1 spiro atoms. The first-order chi connectivity index (χ1) is 9.53. The highest BCUT2D eigenvalue weighted by atomic mass is 16.3. The second kappa shape index (κ2) is 4.02. The van der Waals surface area contributed by atoms with Crippen LogP contribution in [0.3, 0.4) is 0 Å². The molecule has 3 aliphatic heterocycles. The number of piperazine rings is 1. The van der Waals surface area contributed by atoms with Gasteiger partial charge in [-0.05, 0) is 19.3 Å². The average molecular weight is 279 g/mol. The van der Waals surface area contributed by atoms with Crippen LogP contribution in [-0.4, -0.2) is 82.0 Å². The summed E-state index contributed by atoms with van der Waals surface area (Å²) in [4.78, 5) is 30.5. The summed E-state index contributed by atoms with van der Waals surface area (Å²) < 4.78 is 0. The maximum Gasteiger partial charge on any atom is 0.252 e. The molecule has 1 saturated carbocycles. The Kier molecular flexibility index (Phi) is 2.56. The molecule has 3 heterocycles. The summed E-state index contributed by atoms with van der Waals surface area (Å²) in [5, 5.41) is 9.90. The summed E-state index contributed by atoms with van der Waals surface area (Å²) in [5.41, 5.74) is -0.555. The Morgan fingerprint density at radius 1 is 1.25 bits per heavy atom. The van der Waals surface area contributed by atoms with E-state index in [1.54, 1.807) is 7.05 Å². The van der Waals surface area contributed by atoms with E-state index in [2.05, 4.69) is 4.90 Å². The minimum absolute atomic E-state index is 0.0802. The molecule has 20 heavy (non-hydrogen) atoms. The molecule has 0 aromatic heterocycles. The van der Waals surface area contributed by atoms with Gasteiger partial charge in [0.1, 0.15) is 5.54 Å². The molecule has 0 aromatic carbocycles. The molecule has 2 amide bonds. The van der Waals surface area contributed by atoms with Crippen LogP contribution in [0.2, 0.25) is 0 Å². The summed E-state index contributed by atoms with van der Waals surface area (Å²) in [6.07, 6.45) is 3.71. The van der Waals surface area contributed by atoms with Gasteiger partial charge in [0, 0.05) is 32.7 Å². The van der Waals surface area contributed by atoms with Crippen molar-refractivity contribution in [3.05, 3.63) is 0 Å². The van der Waals surface area contributed by atoms with E-state index in [9.17, 15) is 14.7 Å². The van der Waals surface area contributed by atoms with Crippen molar-refractivity contribution in [1.29, 1.82) is 0 Å². The minimum Gasteiger partial charge on any atom is -0.392 e. The van der Waals surface area contributed by atoms with Crippen molar-refractivity contribution in [2.24, 2.45) is 0 Å². The molecule has 0 unspecified atom stereocenters. The van der Waals surface area contributed by atoms with E-state index >= 15 is 0 Å². The van der Waals surface area contributed by atoms with Crippen molar-refractivity contribution in [2.75, 3.05) is 26.7 Å². The number of carbonyl (C=O) groups excluding carboxylic acids is 2. The number of aliphatic hydroxyl groups is 1. The van der Waals surface area contributed by atoms with E-state index in [4.69, 9.17) is 0 Å². The van der Waals surface area contributed by atoms with E-state index < -0.39 is 11.6 Å². The molecule has 1 N–H and O–H groups in total. The predicted molar refractivity (Wildman–Crippen MR) is 70.8 cm³/mol. The maximum absolute atomic E-state index is 12.6. The van der Waals surface area contributed by atoms with Gasteiger partial charge in [-0.15, -0.1) is 0 Å². The zero-order chi connectivity index (χ0) is 14.1. The van der Waals surface area contributed by atoms with Crippen molar-refractivity contribution < 1.29 is 14.7 Å². The van der Waals surface area contributed by atoms with Gasteiger partial charge in [0.2, 0.25) is 5.91 Å². The summed E-state index contributed by atoms with van der Waals surface area (Å²) in [7, 11) is 1.58. The fourth-order valence-corrected chi connectivity index (χ4v) is 4.23. The van der Waals surface area contributed by atoms with Crippen molar-refractivity contribution in [3.8, 4) is 0 Å². The second-order valence-corrected chi connectivity index (χ2v) is 6.78. The number of amides is 2. The molecule has 4 rings (SSSR count). The summed E-state index contributed by atoms with van der Waals surface area (Å²) >= 11 is 0. The Balaban J connectivity index is 1.61. The first-order valence-corrected chi connectivity index (χ1v) is 7.54. The predicted octanol–water partition coefficient (Wildman–Crippen LogP) is -0.973. The number of rotatable bonds is 1. The Morgan fingerprint density at radius 2 is 1.95 bits per heavy atom. The molecule has 2 atom stereocenters. The Bertz CT molecular complexity index is 470. The van der Waals surface area contributed by atoms with E-state index in [1.165, 1.54) is 24.2 Å². The van der Waals surface area contributed by atoms with Gasteiger partial charge < -0.3 is 5.11 Å². The SMILES string of the molecule is CN1C(=O)[C@@H]2C[C@@H](O)CN2C2(CN(C3CCC3)C2)C1=O. The number of likely N-dealkylation sites (tertiary alicyclic amines) is 1. The van der Waals surface area contributed by atoms with Crippen LogP contribution < -0.4 is 0 Å². The number of aliphatic hydroxyl groups excluding tert-OH is 1. The zero-order valence-electron chi connectivity index (χ0n) is 11.8. The number of imide groups is 1. The molecule has 1 aliphatic carbocycles. The van der Waals surface area contributed by atoms with Gasteiger partial charge >= 0.3 is 0 Å². The van der Waals surface area contributed by atoms with Gasteiger partial charge in [0.05, 0.1) is 12.1 Å². The molecular weight excluding hydrogens is 258 g/mol. The third-order valence-corrected chi connectivity index (χ3v) is 5.67. The normalized spacial score (nSPS) is 38.0. The molecule has 4 fully saturated rings. The molecule has 0 radical (unpaired) electrons. The smallest absolute Gasteiger partial charge is 0.252 e. The fourth-order valence-electron chi connectivity index (χ4n) is 4.23. The molecule has 0 bridgehead atoms. The molecule has 6 nitrogen and oxygen atoms in total. The maximum atomic E-state index is 12.6. The lowest BCUT2D eigenvalue weighted by Gasteiger charge is -2.61. The number of hydrogen-bond acceptors (Lipinski definition) is 5. The van der Waals surface area contributed by atoms with Crippen LogP contribution in [0.5, 0.6) is 0 Å². The van der Waals surface area contributed by atoms with Crippen LogP contribution in [0.4, 0.5) is 0 Å². The summed E-state index contributed by atoms with van der Waals surface area (Å²) in [5.74, 6) is -0.234. The Labute approximate surface area is 118 Å². The molecular formula is C14H21N3O3. The van der Waals surface area contributed by atoms with E-state index in [0.717, 1.165) is 13.1 Å². The third-order valence-electron chi connectivity index (χ3n) is 5.67. The molecule has 0 aromatic rings. The van der Waals surface area contributed by atoms with Crippen LogP contribution in [0.25, 0.3) is 0 Å². The number of carbonyl (C=O) groups is 2. The quantitative estimate of drug-likeness (QED) is 0.626. The van der Waals surface area contributed by atoms with Gasteiger partial charge in [-0.2, -0.15) is 0 Å². The highest BCUT2D eigenvalue weighted by Crippen LogP contribution is 2.42. The van der Waals surface area contributed by atoms with Gasteiger partial charge in [0.15, 0.2) is 0 Å². The number of fused-ring (bicyclic) bond motifs is 2. The lowest BCUT2D eigenvalue weighted by Crippen LogP contribution is -2.82. The Morgan fingerprint density at radius 3 is 2.55 bits per heavy atom. The van der Waals surface area contributed by atoms with Gasteiger partial charge in [-0.25, -0.2) is 0 Å². The monoisotopic (exact) mass is 279 g/mol. The fraction of sp³-hybridized carbons (Fsp3) is 0.857. The minimum atomic E-state index is -0.555. The van der Waals surface area contributed by atoms with Crippen molar-refractivity contribution in [2.45, 2.75) is 49.4 Å². The first kappa shape index (κ1) is 12.7. The van der Waals surface area contributed by atoms with Crippen LogP contribution in [0.1, 0.15) is 25.7 Å². The van der Waals surface area contributed by atoms with Crippen LogP contribution in [0, 0.1) is 0 Å². The van der Waals surface area contributed by atoms with Crippen molar-refractivity contribution in [1.82, 2.24) is 14.7 Å². The summed E-state index contributed by atoms with van der Waals surface area (Å²) in [6.45, 7) is 1.89. The van der Waals surface area contributed by atoms with Gasteiger partial charge in [-0.3, -0.25) is 24.3 Å². The van der Waals surface area contributed by atoms with Crippen LogP contribution in [-0.2, 0) is 9.59 Å². The van der Waals surface area contributed by atoms with E-state index in [0.29, 0.717) is 19.0 Å². The first-order valence-electron chi connectivity index (χ1n) is 7.54. The molecule has 3 saturated heterocycles. The Hall–Kier alpha value is -0.980. The van der Waals surface area contributed by atoms with Gasteiger partial charge in [0.25, 0.3) is 5.91 Å². The second-order valence-electron chi connectivity index (χ2n) is 6.78. The number of hydrogen-bond donors (Lipinski definition) is 1. The molecule has 4 aliphatic rings.